The molecule has 0 aromatic heterocycles. The van der Waals surface area contributed by atoms with Gasteiger partial charge in [-0.25, -0.2) is 0 Å². The summed E-state index contributed by atoms with van der Waals surface area (Å²) in [6.07, 6.45) is 5.33. The zero-order chi connectivity index (χ0) is 12.8. The standard InChI is InChI=1S/C15H22BrNS/c1-2-17-14(15-5-3-4-10-18-15)11-12-6-8-13(16)9-7-12/h6-9,14-15,17H,2-5,10-11H2,1H3. The molecule has 3 heteroatoms. The molecule has 0 aliphatic carbocycles. The van der Waals surface area contributed by atoms with Crippen LogP contribution in [0.3, 0.4) is 0 Å². The minimum absolute atomic E-state index is 0.626. The average Bonchev–Trinajstić information content (AvgIpc) is 2.42. The van der Waals surface area contributed by atoms with E-state index in [1.807, 2.05) is 0 Å². The summed E-state index contributed by atoms with van der Waals surface area (Å²) in [6.45, 7) is 3.28. The molecule has 0 saturated carbocycles. The molecule has 1 saturated heterocycles. The first-order valence-corrected chi connectivity index (χ1v) is 8.73. The third-order valence-corrected chi connectivity index (χ3v) is 5.54. The maximum absolute atomic E-state index is 3.68. The first-order valence-electron chi connectivity index (χ1n) is 6.89. The van der Waals surface area contributed by atoms with Gasteiger partial charge in [0.05, 0.1) is 0 Å². The first-order chi connectivity index (χ1) is 8.79. The van der Waals surface area contributed by atoms with E-state index in [1.54, 1.807) is 0 Å². The Labute approximate surface area is 123 Å². The monoisotopic (exact) mass is 327 g/mol. The quantitative estimate of drug-likeness (QED) is 0.867. The van der Waals surface area contributed by atoms with Crippen molar-refractivity contribution in [3.63, 3.8) is 0 Å². The zero-order valence-corrected chi connectivity index (χ0v) is 13.4. The number of benzene rings is 1. The summed E-state index contributed by atoms with van der Waals surface area (Å²) in [6, 6.07) is 9.39. The second-order valence-electron chi connectivity index (χ2n) is 4.90. The van der Waals surface area contributed by atoms with Gasteiger partial charge < -0.3 is 5.32 Å². The molecule has 100 valence electrons. The summed E-state index contributed by atoms with van der Waals surface area (Å²) >= 11 is 5.66. The van der Waals surface area contributed by atoms with Crippen LogP contribution in [0.2, 0.25) is 0 Å². The summed E-state index contributed by atoms with van der Waals surface area (Å²) in [5.41, 5.74) is 1.44. The molecular weight excluding hydrogens is 306 g/mol. The van der Waals surface area contributed by atoms with Crippen LogP contribution in [-0.2, 0) is 6.42 Å². The van der Waals surface area contributed by atoms with Gasteiger partial charge in [-0.3, -0.25) is 0 Å². The van der Waals surface area contributed by atoms with Gasteiger partial charge in [-0.05, 0) is 49.3 Å². The molecule has 1 fully saturated rings. The Kier molecular flexibility index (Phi) is 6.06. The number of thioether (sulfide) groups is 1. The topological polar surface area (TPSA) is 12.0 Å². The third kappa shape index (κ3) is 4.29. The SMILES string of the molecule is CCNC(Cc1ccc(Br)cc1)C1CCCCS1. The van der Waals surface area contributed by atoms with E-state index in [0.29, 0.717) is 6.04 Å². The van der Waals surface area contributed by atoms with Crippen molar-refractivity contribution in [2.24, 2.45) is 0 Å². The van der Waals surface area contributed by atoms with Crippen LogP contribution in [-0.4, -0.2) is 23.6 Å². The number of halogens is 1. The highest BCUT2D eigenvalue weighted by molar-refractivity contribution is 9.10. The molecule has 1 aromatic carbocycles. The molecule has 1 nitrogen and oxygen atoms in total. The van der Waals surface area contributed by atoms with Gasteiger partial charge in [0.25, 0.3) is 0 Å². The van der Waals surface area contributed by atoms with Gasteiger partial charge in [0.1, 0.15) is 0 Å². The van der Waals surface area contributed by atoms with Crippen LogP contribution in [0.4, 0.5) is 0 Å². The van der Waals surface area contributed by atoms with Crippen molar-refractivity contribution in [2.45, 2.75) is 43.9 Å². The summed E-state index contributed by atoms with van der Waals surface area (Å²) in [5, 5.41) is 4.48. The number of hydrogen-bond acceptors (Lipinski definition) is 2. The third-order valence-electron chi connectivity index (χ3n) is 3.50. The van der Waals surface area contributed by atoms with Crippen molar-refractivity contribution in [2.75, 3.05) is 12.3 Å². The minimum Gasteiger partial charge on any atom is -0.313 e. The van der Waals surface area contributed by atoms with Gasteiger partial charge in [-0.15, -0.1) is 0 Å². The second-order valence-corrected chi connectivity index (χ2v) is 7.16. The maximum atomic E-state index is 3.68. The largest absolute Gasteiger partial charge is 0.313 e. The van der Waals surface area contributed by atoms with Crippen molar-refractivity contribution in [3.8, 4) is 0 Å². The van der Waals surface area contributed by atoms with Crippen LogP contribution in [0.1, 0.15) is 31.7 Å². The van der Waals surface area contributed by atoms with E-state index in [-0.39, 0.29) is 0 Å². The van der Waals surface area contributed by atoms with Crippen LogP contribution in [0, 0.1) is 0 Å². The van der Waals surface area contributed by atoms with E-state index in [9.17, 15) is 0 Å². The molecule has 0 radical (unpaired) electrons. The van der Waals surface area contributed by atoms with E-state index in [1.165, 1.54) is 35.1 Å². The van der Waals surface area contributed by atoms with Gasteiger partial charge in [-0.1, -0.05) is 41.4 Å². The van der Waals surface area contributed by atoms with Crippen molar-refractivity contribution >= 4 is 27.7 Å². The lowest BCUT2D eigenvalue weighted by atomic mass is 9.99. The Morgan fingerprint density at radius 3 is 2.72 bits per heavy atom. The highest BCUT2D eigenvalue weighted by Crippen LogP contribution is 2.29. The molecule has 1 aliphatic rings. The predicted octanol–water partition coefficient (Wildman–Crippen LogP) is 4.26. The summed E-state index contributed by atoms with van der Waals surface area (Å²) < 4.78 is 1.17. The Hall–Kier alpha value is 0.01000. The molecule has 2 atom stereocenters. The van der Waals surface area contributed by atoms with Gasteiger partial charge in [0.15, 0.2) is 0 Å². The van der Waals surface area contributed by atoms with Gasteiger partial charge in [0.2, 0.25) is 0 Å². The number of rotatable bonds is 5. The fourth-order valence-corrected chi connectivity index (χ4v) is 4.25. The summed E-state index contributed by atoms with van der Waals surface area (Å²) in [4.78, 5) is 0. The lowest BCUT2D eigenvalue weighted by Crippen LogP contribution is -2.41. The Bertz CT molecular complexity index is 346. The zero-order valence-electron chi connectivity index (χ0n) is 11.0. The smallest absolute Gasteiger partial charge is 0.0226 e. The van der Waals surface area contributed by atoms with E-state index < -0.39 is 0 Å². The normalized spacial score (nSPS) is 21.8. The van der Waals surface area contributed by atoms with Crippen molar-refractivity contribution in [1.82, 2.24) is 5.32 Å². The van der Waals surface area contributed by atoms with Gasteiger partial charge >= 0.3 is 0 Å². The van der Waals surface area contributed by atoms with E-state index in [0.717, 1.165) is 18.2 Å². The lowest BCUT2D eigenvalue weighted by molar-refractivity contribution is 0.472. The molecule has 1 aromatic rings. The summed E-state index contributed by atoms with van der Waals surface area (Å²) in [7, 11) is 0. The first kappa shape index (κ1) is 14.4. The van der Waals surface area contributed by atoms with E-state index in [2.05, 4.69) is 64.2 Å². The molecule has 2 rings (SSSR count). The lowest BCUT2D eigenvalue weighted by Gasteiger charge is -2.30. The van der Waals surface area contributed by atoms with Crippen molar-refractivity contribution in [1.29, 1.82) is 0 Å². The van der Waals surface area contributed by atoms with Crippen LogP contribution in [0.25, 0.3) is 0 Å². The van der Waals surface area contributed by atoms with Crippen LogP contribution in [0.5, 0.6) is 0 Å². The Morgan fingerprint density at radius 1 is 1.33 bits per heavy atom. The molecule has 0 spiro atoms. The highest BCUT2D eigenvalue weighted by atomic mass is 79.9. The van der Waals surface area contributed by atoms with E-state index in [4.69, 9.17) is 0 Å². The average molecular weight is 328 g/mol. The highest BCUT2D eigenvalue weighted by Gasteiger charge is 2.23. The molecule has 2 unspecified atom stereocenters. The van der Waals surface area contributed by atoms with Crippen LogP contribution >= 0.6 is 27.7 Å². The molecule has 0 amide bonds. The van der Waals surface area contributed by atoms with Crippen molar-refractivity contribution in [3.05, 3.63) is 34.3 Å². The molecule has 1 heterocycles. The molecule has 18 heavy (non-hydrogen) atoms. The van der Waals surface area contributed by atoms with Gasteiger partial charge in [0, 0.05) is 15.8 Å². The number of nitrogens with one attached hydrogen (secondary N) is 1. The molecular formula is C15H22BrNS. The fraction of sp³-hybridized carbons (Fsp3) is 0.600. The second kappa shape index (κ2) is 7.56. The van der Waals surface area contributed by atoms with Gasteiger partial charge in [-0.2, -0.15) is 11.8 Å². The Balaban J connectivity index is 1.98. The molecule has 1 aliphatic heterocycles. The Morgan fingerprint density at radius 2 is 2.11 bits per heavy atom. The molecule has 0 bridgehead atoms. The maximum Gasteiger partial charge on any atom is 0.0226 e. The minimum atomic E-state index is 0.626. The summed E-state index contributed by atoms with van der Waals surface area (Å²) in [5.74, 6) is 1.34. The van der Waals surface area contributed by atoms with Crippen molar-refractivity contribution < 1.29 is 0 Å². The number of likely N-dealkylation sites (N-methyl/N-ethyl adjacent to an activating group) is 1. The fourth-order valence-electron chi connectivity index (χ4n) is 2.55. The predicted molar refractivity (Wildman–Crippen MR) is 85.4 cm³/mol. The van der Waals surface area contributed by atoms with Crippen LogP contribution < -0.4 is 5.32 Å². The van der Waals surface area contributed by atoms with E-state index >= 15 is 0 Å². The molecule has 1 N–H and O–H groups in total. The number of hydrogen-bond donors (Lipinski definition) is 1. The van der Waals surface area contributed by atoms with Crippen LogP contribution in [0.15, 0.2) is 28.7 Å².